The first kappa shape index (κ1) is 61.7. The van der Waals surface area contributed by atoms with Crippen molar-refractivity contribution in [1.82, 2.24) is 0 Å². The number of fused-ring (bicyclic) bond motifs is 2. The molecule has 14 heteroatoms. The van der Waals surface area contributed by atoms with Crippen molar-refractivity contribution in [1.29, 1.82) is 0 Å². The third kappa shape index (κ3) is 16.0. The summed E-state index contributed by atoms with van der Waals surface area (Å²) in [6.07, 6.45) is 2.65. The Morgan fingerprint density at radius 3 is 1.13 bits per heavy atom. The van der Waals surface area contributed by atoms with Crippen LogP contribution in [0.15, 0.2) is 243 Å². The van der Waals surface area contributed by atoms with E-state index in [4.69, 9.17) is 37.9 Å². The fraction of sp³-hybridized carbons (Fsp3) is 0.132. The van der Waals surface area contributed by atoms with Gasteiger partial charge in [0.05, 0.1) is 48.7 Å². The molecule has 0 aliphatic heterocycles. The van der Waals surface area contributed by atoms with Crippen LogP contribution in [-0.2, 0) is 19.1 Å². The predicted octanol–water partition coefficient (Wildman–Crippen LogP) is 16.4. The Hall–Kier alpha value is -11.4. The van der Waals surface area contributed by atoms with Crippen LogP contribution in [0.2, 0.25) is 0 Å². The van der Waals surface area contributed by atoms with E-state index in [2.05, 4.69) is 13.2 Å². The first-order valence-corrected chi connectivity index (χ1v) is 29.2. The van der Waals surface area contributed by atoms with Gasteiger partial charge in [-0.25, -0.2) is 28.8 Å². The summed E-state index contributed by atoms with van der Waals surface area (Å²) < 4.78 is 45.4. The van der Waals surface area contributed by atoms with E-state index < -0.39 is 35.8 Å². The van der Waals surface area contributed by atoms with E-state index in [0.717, 1.165) is 43.8 Å². The van der Waals surface area contributed by atoms with Crippen molar-refractivity contribution < 1.29 is 66.7 Å². The molecule has 0 fully saturated rings. The van der Waals surface area contributed by atoms with Crippen LogP contribution >= 0.6 is 0 Å². The molecule has 0 unspecified atom stereocenters. The maximum Gasteiger partial charge on any atom is 0.343 e. The van der Waals surface area contributed by atoms with Gasteiger partial charge in [-0.15, -0.1) is 0 Å². The van der Waals surface area contributed by atoms with Crippen molar-refractivity contribution in [3.05, 3.63) is 265 Å². The molecule has 450 valence electrons. The number of carbonyl (C=O) groups is 6. The second-order valence-corrected chi connectivity index (χ2v) is 21.1. The van der Waals surface area contributed by atoms with Crippen LogP contribution in [0.5, 0.6) is 34.5 Å². The zero-order valence-corrected chi connectivity index (χ0v) is 49.6. The summed E-state index contributed by atoms with van der Waals surface area (Å²) in [4.78, 5) is 77.1. The van der Waals surface area contributed by atoms with Gasteiger partial charge >= 0.3 is 35.8 Å². The lowest BCUT2D eigenvalue weighted by atomic mass is 9.92. The van der Waals surface area contributed by atoms with Crippen molar-refractivity contribution in [2.75, 3.05) is 26.4 Å². The zero-order chi connectivity index (χ0) is 62.9. The Labute approximate surface area is 520 Å². The Balaban J connectivity index is 0.754. The van der Waals surface area contributed by atoms with Crippen LogP contribution in [0.1, 0.15) is 81.0 Å². The predicted molar refractivity (Wildman–Crippen MR) is 344 cm³/mol. The average Bonchev–Trinajstić information content (AvgIpc) is 0.781. The minimum absolute atomic E-state index is 0.286. The minimum Gasteiger partial charge on any atom is -0.494 e. The molecule has 14 nitrogen and oxygen atoms in total. The summed E-state index contributed by atoms with van der Waals surface area (Å²) >= 11 is 0. The molecule has 10 aromatic rings. The Morgan fingerprint density at radius 1 is 0.333 bits per heavy atom. The standard InChI is InChI=1S/C76H62O14/c1-49(2)71(77)85-45-11-9-43-83-61-34-29-58(30-35-61)73(79)87-63-38-25-53(26-39-63)51-17-21-56(22-18-51)75(81)89-65-47-60-14-6-7-15-66(60)68(48-65)70-67-16-8-5-13-55(67)33-42-69(70)90-76(82)57-23-19-52(20-24-57)54-27-40-64(41-28-54)88-74(80)59-31-36-62(37-32-59)84-44-10-12-46-86-72(78)50(3)4/h5-8,13-42,47-48H,1,3,9-12,43-46H2,2,4H3. The Morgan fingerprint density at radius 2 is 0.689 bits per heavy atom. The number of benzene rings is 10. The molecule has 0 bridgehead atoms. The molecule has 0 atom stereocenters. The highest BCUT2D eigenvalue weighted by atomic mass is 16.6. The molecule has 0 heterocycles. The van der Waals surface area contributed by atoms with Gasteiger partial charge in [0.1, 0.15) is 34.5 Å². The molecule has 0 amide bonds. The van der Waals surface area contributed by atoms with Gasteiger partial charge in [0, 0.05) is 16.7 Å². The van der Waals surface area contributed by atoms with Crippen molar-refractivity contribution in [2.45, 2.75) is 39.5 Å². The molecule has 0 aliphatic rings. The van der Waals surface area contributed by atoms with Gasteiger partial charge in [0.25, 0.3) is 0 Å². The normalized spacial score (nSPS) is 10.8. The highest BCUT2D eigenvalue weighted by molar-refractivity contribution is 6.09. The number of esters is 6. The van der Waals surface area contributed by atoms with Crippen LogP contribution in [-0.4, -0.2) is 62.2 Å². The molecule has 10 rings (SSSR count). The van der Waals surface area contributed by atoms with Crippen LogP contribution < -0.4 is 28.4 Å². The van der Waals surface area contributed by atoms with E-state index in [1.165, 1.54) is 0 Å². The lowest BCUT2D eigenvalue weighted by Crippen LogP contribution is -2.10. The Kier molecular flexibility index (Phi) is 20.1. The molecule has 0 spiro atoms. The minimum atomic E-state index is -0.579. The molecular formula is C76H62O14. The molecule has 0 radical (unpaired) electrons. The lowest BCUT2D eigenvalue weighted by molar-refractivity contribution is -0.139. The van der Waals surface area contributed by atoms with Gasteiger partial charge in [-0.05, 0) is 204 Å². The van der Waals surface area contributed by atoms with Gasteiger partial charge in [0.15, 0.2) is 0 Å². The first-order chi connectivity index (χ1) is 43.7. The second-order valence-electron chi connectivity index (χ2n) is 21.1. The molecule has 90 heavy (non-hydrogen) atoms. The Bertz CT molecular complexity index is 4260. The molecule has 0 aromatic heterocycles. The van der Waals surface area contributed by atoms with Gasteiger partial charge < -0.3 is 37.9 Å². The van der Waals surface area contributed by atoms with Crippen molar-refractivity contribution in [3.8, 4) is 67.9 Å². The zero-order valence-electron chi connectivity index (χ0n) is 49.6. The van der Waals surface area contributed by atoms with Crippen molar-refractivity contribution >= 4 is 57.4 Å². The van der Waals surface area contributed by atoms with E-state index in [1.807, 2.05) is 103 Å². The number of carbonyl (C=O) groups excluding carboxylic acids is 6. The second kappa shape index (κ2) is 29.3. The summed E-state index contributed by atoms with van der Waals surface area (Å²) in [5.74, 6) is -0.538. The largest absolute Gasteiger partial charge is 0.494 e. The van der Waals surface area contributed by atoms with Gasteiger partial charge in [-0.3, -0.25) is 0 Å². The average molecular weight is 1200 g/mol. The van der Waals surface area contributed by atoms with E-state index in [-0.39, 0.29) is 19.0 Å². The molecule has 0 saturated heterocycles. The number of hydrogen-bond acceptors (Lipinski definition) is 14. The lowest BCUT2D eigenvalue weighted by Gasteiger charge is -2.17. The number of rotatable bonds is 25. The number of ether oxygens (including phenoxy) is 8. The maximum atomic E-state index is 14.1. The summed E-state index contributed by atoms with van der Waals surface area (Å²) in [6, 6.07) is 64.2. The first-order valence-electron chi connectivity index (χ1n) is 29.2. The quantitative estimate of drug-likeness (QED) is 0.0229. The number of unbranched alkanes of at least 4 members (excludes halogenated alkanes) is 2. The van der Waals surface area contributed by atoms with Crippen molar-refractivity contribution in [3.63, 3.8) is 0 Å². The summed E-state index contributed by atoms with van der Waals surface area (Å²) in [7, 11) is 0. The third-order valence-electron chi connectivity index (χ3n) is 14.4. The summed E-state index contributed by atoms with van der Waals surface area (Å²) in [5, 5.41) is 3.37. The van der Waals surface area contributed by atoms with Gasteiger partial charge in [0.2, 0.25) is 0 Å². The van der Waals surface area contributed by atoms with Gasteiger partial charge in [-0.1, -0.05) is 116 Å². The van der Waals surface area contributed by atoms with E-state index in [1.54, 1.807) is 129 Å². The highest BCUT2D eigenvalue weighted by Gasteiger charge is 2.21. The van der Waals surface area contributed by atoms with E-state index in [0.29, 0.717) is 112 Å². The fourth-order valence-corrected chi connectivity index (χ4v) is 9.59. The SMILES string of the molecule is C=C(C)C(=O)OCCCCOc1ccc(C(=O)Oc2ccc(-c3ccc(C(=O)Oc4cc(-c5c(OC(=O)c6ccc(-c7ccc(OC(=O)c8ccc(OCCCCOC(=O)C(=C)C)cc8)cc7)cc6)ccc6ccccc56)c5ccccc5c4)cc3)cc2)cc1. The molecule has 0 saturated carbocycles. The fourth-order valence-electron chi connectivity index (χ4n) is 9.59. The van der Waals surface area contributed by atoms with Crippen LogP contribution in [0.3, 0.4) is 0 Å². The van der Waals surface area contributed by atoms with Crippen LogP contribution in [0.4, 0.5) is 0 Å². The molecule has 0 aliphatic carbocycles. The van der Waals surface area contributed by atoms with E-state index >= 15 is 0 Å². The van der Waals surface area contributed by atoms with E-state index in [9.17, 15) is 28.8 Å². The number of hydrogen-bond donors (Lipinski definition) is 0. The molecule has 0 N–H and O–H groups in total. The van der Waals surface area contributed by atoms with Crippen LogP contribution in [0.25, 0.3) is 54.9 Å². The highest BCUT2D eigenvalue weighted by Crippen LogP contribution is 2.43. The third-order valence-corrected chi connectivity index (χ3v) is 14.4. The van der Waals surface area contributed by atoms with Crippen LogP contribution in [0, 0.1) is 0 Å². The summed E-state index contributed by atoms with van der Waals surface area (Å²) in [6.45, 7) is 11.8. The monoisotopic (exact) mass is 1200 g/mol. The smallest absolute Gasteiger partial charge is 0.343 e. The van der Waals surface area contributed by atoms with Gasteiger partial charge in [-0.2, -0.15) is 0 Å². The summed E-state index contributed by atoms with van der Waals surface area (Å²) in [5.41, 5.74) is 6.67. The topological polar surface area (TPSA) is 176 Å². The van der Waals surface area contributed by atoms with Crippen molar-refractivity contribution in [2.24, 2.45) is 0 Å². The molecular weight excluding hydrogens is 1140 g/mol. The molecule has 10 aromatic carbocycles. The maximum absolute atomic E-state index is 14.1.